The van der Waals surface area contributed by atoms with E-state index < -0.39 is 0 Å². The zero-order chi connectivity index (χ0) is 8.48. The van der Waals surface area contributed by atoms with Crippen LogP contribution in [0, 0.1) is 0 Å². The Labute approximate surface area is 66.6 Å². The summed E-state index contributed by atoms with van der Waals surface area (Å²) in [5.41, 5.74) is 5.47. The van der Waals surface area contributed by atoms with Gasteiger partial charge in [-0.05, 0) is 6.42 Å². The van der Waals surface area contributed by atoms with E-state index in [0.29, 0.717) is 5.82 Å². The molecule has 3 heteroatoms. The van der Waals surface area contributed by atoms with Gasteiger partial charge in [-0.15, -0.1) is 0 Å². The molecule has 1 aromatic heterocycles. The predicted molar refractivity (Wildman–Crippen MR) is 44.2 cm³/mol. The topological polar surface area (TPSA) is 52.0 Å². The first-order valence-corrected chi connectivity index (χ1v) is 3.79. The van der Waals surface area contributed by atoms with Gasteiger partial charge in [0.05, 0.1) is 0 Å². The minimum absolute atomic E-state index is 0.0463. The fourth-order valence-electron chi connectivity index (χ4n) is 0.782. The summed E-state index contributed by atoms with van der Waals surface area (Å²) in [7, 11) is 0. The van der Waals surface area contributed by atoms with Gasteiger partial charge in [0.15, 0.2) is 5.82 Å². The molecule has 0 fully saturated rings. The maximum absolute atomic E-state index is 5.43. The molecule has 0 bridgehead atoms. The van der Waals surface area contributed by atoms with Crippen molar-refractivity contribution in [1.82, 2.24) is 5.16 Å². The highest BCUT2D eigenvalue weighted by atomic mass is 16.5. The highest BCUT2D eigenvalue weighted by molar-refractivity contribution is 5.29. The van der Waals surface area contributed by atoms with E-state index in [-0.39, 0.29) is 5.41 Å². The highest BCUT2D eigenvalue weighted by Crippen LogP contribution is 2.27. The maximum Gasteiger partial charge on any atom is 0.167 e. The van der Waals surface area contributed by atoms with Crippen LogP contribution < -0.4 is 5.73 Å². The maximum atomic E-state index is 5.43. The van der Waals surface area contributed by atoms with E-state index in [1.807, 2.05) is 0 Å². The molecule has 0 aliphatic rings. The second-order valence-electron chi connectivity index (χ2n) is 3.35. The molecule has 0 unspecified atom stereocenters. The van der Waals surface area contributed by atoms with Gasteiger partial charge in [0.2, 0.25) is 0 Å². The van der Waals surface area contributed by atoms with Crippen molar-refractivity contribution < 1.29 is 4.52 Å². The molecule has 1 aromatic rings. The lowest BCUT2D eigenvalue weighted by Crippen LogP contribution is -2.13. The SMILES string of the molecule is CCC(C)(C)c1cc(N)no1. The minimum Gasteiger partial charge on any atom is -0.381 e. The number of hydrogen-bond acceptors (Lipinski definition) is 3. The second-order valence-corrected chi connectivity index (χ2v) is 3.35. The van der Waals surface area contributed by atoms with Crippen LogP contribution in [0.15, 0.2) is 10.6 Å². The van der Waals surface area contributed by atoms with E-state index >= 15 is 0 Å². The second kappa shape index (κ2) is 2.57. The molecule has 62 valence electrons. The fraction of sp³-hybridized carbons (Fsp3) is 0.625. The van der Waals surface area contributed by atoms with Crippen LogP contribution in [0.25, 0.3) is 0 Å². The molecule has 1 heterocycles. The molecule has 2 N–H and O–H groups in total. The third kappa shape index (κ3) is 1.53. The first-order valence-electron chi connectivity index (χ1n) is 3.79. The van der Waals surface area contributed by atoms with Crippen LogP contribution in [0.2, 0.25) is 0 Å². The molecule has 11 heavy (non-hydrogen) atoms. The Kier molecular flexibility index (Phi) is 1.89. The molecule has 0 spiro atoms. The summed E-state index contributed by atoms with van der Waals surface area (Å²) in [6.45, 7) is 6.32. The van der Waals surface area contributed by atoms with Gasteiger partial charge in [-0.3, -0.25) is 0 Å². The molecule has 3 nitrogen and oxygen atoms in total. The minimum atomic E-state index is 0.0463. The Morgan fingerprint density at radius 1 is 1.64 bits per heavy atom. The van der Waals surface area contributed by atoms with Crippen LogP contribution >= 0.6 is 0 Å². The van der Waals surface area contributed by atoms with Gasteiger partial charge >= 0.3 is 0 Å². The molecule has 1 rings (SSSR count). The summed E-state index contributed by atoms with van der Waals surface area (Å²) < 4.78 is 5.04. The zero-order valence-corrected chi connectivity index (χ0v) is 7.22. The smallest absolute Gasteiger partial charge is 0.167 e. The third-order valence-electron chi connectivity index (χ3n) is 2.08. The van der Waals surface area contributed by atoms with E-state index in [1.165, 1.54) is 0 Å². The lowest BCUT2D eigenvalue weighted by molar-refractivity contribution is 0.312. The van der Waals surface area contributed by atoms with Crippen LogP contribution in [0.3, 0.4) is 0 Å². The van der Waals surface area contributed by atoms with Crippen molar-refractivity contribution in [2.75, 3.05) is 5.73 Å². The molecule has 0 aliphatic heterocycles. The molecular formula is C8H14N2O. The van der Waals surface area contributed by atoms with Crippen molar-refractivity contribution in [2.24, 2.45) is 0 Å². The Morgan fingerprint density at radius 3 is 2.64 bits per heavy atom. The van der Waals surface area contributed by atoms with Crippen molar-refractivity contribution in [3.8, 4) is 0 Å². The Morgan fingerprint density at radius 2 is 2.27 bits per heavy atom. The Bertz CT molecular complexity index is 240. The van der Waals surface area contributed by atoms with Gasteiger partial charge in [-0.1, -0.05) is 25.9 Å². The van der Waals surface area contributed by atoms with Crippen molar-refractivity contribution in [3.05, 3.63) is 11.8 Å². The molecule has 0 amide bonds. The van der Waals surface area contributed by atoms with Crippen molar-refractivity contribution in [2.45, 2.75) is 32.6 Å². The molecule has 0 atom stereocenters. The molecule has 0 aliphatic carbocycles. The number of hydrogen-bond donors (Lipinski definition) is 1. The quantitative estimate of drug-likeness (QED) is 0.708. The monoisotopic (exact) mass is 154 g/mol. The number of aromatic nitrogens is 1. The van der Waals surface area contributed by atoms with Gasteiger partial charge in [0.25, 0.3) is 0 Å². The van der Waals surface area contributed by atoms with Crippen LogP contribution in [0.5, 0.6) is 0 Å². The van der Waals surface area contributed by atoms with E-state index in [2.05, 4.69) is 25.9 Å². The summed E-state index contributed by atoms with van der Waals surface area (Å²) in [6, 6.07) is 1.78. The Hall–Kier alpha value is -0.990. The lowest BCUT2D eigenvalue weighted by Gasteiger charge is -2.17. The number of rotatable bonds is 2. The molecule has 0 aromatic carbocycles. The number of nitrogens with two attached hydrogens (primary N) is 1. The van der Waals surface area contributed by atoms with E-state index in [4.69, 9.17) is 10.3 Å². The van der Waals surface area contributed by atoms with Gasteiger partial charge in [0, 0.05) is 11.5 Å². The van der Waals surface area contributed by atoms with E-state index in [9.17, 15) is 0 Å². The van der Waals surface area contributed by atoms with Crippen LogP contribution in [0.1, 0.15) is 33.0 Å². The first-order chi connectivity index (χ1) is 5.06. The van der Waals surface area contributed by atoms with E-state index in [0.717, 1.165) is 12.2 Å². The molecule has 0 radical (unpaired) electrons. The van der Waals surface area contributed by atoms with Gasteiger partial charge in [0.1, 0.15) is 5.76 Å². The molecule has 0 saturated carbocycles. The summed E-state index contributed by atoms with van der Waals surface area (Å²) in [4.78, 5) is 0. The predicted octanol–water partition coefficient (Wildman–Crippen LogP) is 1.94. The normalized spacial score (nSPS) is 11.9. The largest absolute Gasteiger partial charge is 0.381 e. The fourth-order valence-corrected chi connectivity index (χ4v) is 0.782. The molecule has 0 saturated heterocycles. The highest BCUT2D eigenvalue weighted by Gasteiger charge is 2.22. The third-order valence-corrected chi connectivity index (χ3v) is 2.08. The summed E-state index contributed by atoms with van der Waals surface area (Å²) in [5, 5.41) is 3.63. The van der Waals surface area contributed by atoms with Crippen LogP contribution in [-0.2, 0) is 5.41 Å². The summed E-state index contributed by atoms with van der Waals surface area (Å²) >= 11 is 0. The number of nitrogen functional groups attached to an aromatic ring is 1. The van der Waals surface area contributed by atoms with Crippen molar-refractivity contribution in [3.63, 3.8) is 0 Å². The molecular weight excluding hydrogens is 140 g/mol. The van der Waals surface area contributed by atoms with Crippen LogP contribution in [-0.4, -0.2) is 5.16 Å². The lowest BCUT2D eigenvalue weighted by atomic mass is 9.87. The average Bonchev–Trinajstić information content (AvgIpc) is 2.36. The summed E-state index contributed by atoms with van der Waals surface area (Å²) in [5.74, 6) is 1.32. The van der Waals surface area contributed by atoms with Crippen LogP contribution in [0.4, 0.5) is 5.82 Å². The van der Waals surface area contributed by atoms with Gasteiger partial charge < -0.3 is 10.3 Å². The first kappa shape index (κ1) is 8.11. The van der Waals surface area contributed by atoms with Gasteiger partial charge in [-0.25, -0.2) is 0 Å². The van der Waals surface area contributed by atoms with E-state index in [1.54, 1.807) is 6.07 Å². The average molecular weight is 154 g/mol. The van der Waals surface area contributed by atoms with Gasteiger partial charge in [-0.2, -0.15) is 0 Å². The zero-order valence-electron chi connectivity index (χ0n) is 7.22. The standard InChI is InChI=1S/C8H14N2O/c1-4-8(2,3)6-5-7(9)10-11-6/h5H,4H2,1-3H3,(H2,9,10). The Balaban J connectivity index is 2.92. The van der Waals surface area contributed by atoms with Crippen molar-refractivity contribution >= 4 is 5.82 Å². The van der Waals surface area contributed by atoms with Crippen molar-refractivity contribution in [1.29, 1.82) is 0 Å². The number of nitrogens with zero attached hydrogens (tertiary/aromatic N) is 1. The number of anilines is 1. The summed E-state index contributed by atoms with van der Waals surface area (Å²) in [6.07, 6.45) is 1.02.